The normalized spacial score (nSPS) is 29.3. The van der Waals surface area contributed by atoms with Gasteiger partial charge < -0.3 is 9.47 Å². The molecule has 3 unspecified atom stereocenters. The Labute approximate surface area is 185 Å². The lowest BCUT2D eigenvalue weighted by Gasteiger charge is -2.37. The first-order valence-electron chi connectivity index (χ1n) is 11.1. The van der Waals surface area contributed by atoms with Gasteiger partial charge in [-0.15, -0.1) is 0 Å². The number of benzene rings is 1. The van der Waals surface area contributed by atoms with Gasteiger partial charge in [-0.05, 0) is 41.9 Å². The third kappa shape index (κ3) is 4.15. The number of ether oxygens (including phenoxy) is 2. The summed E-state index contributed by atoms with van der Waals surface area (Å²) in [5.41, 5.74) is 0.0121. The third-order valence-electron chi connectivity index (χ3n) is 8.06. The van der Waals surface area contributed by atoms with Gasteiger partial charge in [-0.3, -0.25) is 9.69 Å². The number of nitrogens with one attached hydrogen (secondary N) is 1. The maximum atomic E-state index is 13.2. The molecule has 1 aliphatic heterocycles. The highest BCUT2D eigenvalue weighted by molar-refractivity contribution is 7.89. The molecule has 0 radical (unpaired) electrons. The van der Waals surface area contributed by atoms with Crippen LogP contribution >= 0.6 is 0 Å². The number of hydrogen-bond acceptors (Lipinski definition) is 6. The Morgan fingerprint density at radius 2 is 1.90 bits per heavy atom. The molecule has 1 heterocycles. The molecule has 1 aromatic carbocycles. The second-order valence-electron chi connectivity index (χ2n) is 9.71. The van der Waals surface area contributed by atoms with Crippen LogP contribution in [0, 0.1) is 16.7 Å². The summed E-state index contributed by atoms with van der Waals surface area (Å²) in [6.45, 7) is 7.16. The number of methoxy groups -OCH3 is 1. The van der Waals surface area contributed by atoms with Gasteiger partial charge in [-0.25, -0.2) is 13.1 Å². The molecule has 8 heteroatoms. The molecule has 2 aliphatic carbocycles. The van der Waals surface area contributed by atoms with E-state index in [1.165, 1.54) is 0 Å². The largest absolute Gasteiger partial charge is 0.497 e. The maximum absolute atomic E-state index is 13.2. The topological polar surface area (TPSA) is 84.9 Å². The first kappa shape index (κ1) is 22.7. The predicted molar refractivity (Wildman–Crippen MR) is 118 cm³/mol. The van der Waals surface area contributed by atoms with E-state index >= 15 is 0 Å². The Balaban J connectivity index is 1.51. The standard InChI is InChI=1S/C23H34N2O5S/c1-22(2)18-8-9-23(22,21(26)14-18)16-31(27,28)24-15-20(25-10-12-30-13-11-25)17-4-6-19(29-3)7-5-17/h4-7,18,20,24H,8-16H2,1-3H3. The van der Waals surface area contributed by atoms with Crippen LogP contribution in [0.3, 0.4) is 0 Å². The van der Waals surface area contributed by atoms with Crippen molar-refractivity contribution in [2.45, 2.75) is 39.2 Å². The van der Waals surface area contributed by atoms with Crippen LogP contribution in [0.5, 0.6) is 5.75 Å². The van der Waals surface area contributed by atoms with Crippen molar-refractivity contribution >= 4 is 15.8 Å². The van der Waals surface area contributed by atoms with E-state index in [9.17, 15) is 13.2 Å². The van der Waals surface area contributed by atoms with E-state index in [-0.39, 0.29) is 29.5 Å². The zero-order valence-corrected chi connectivity index (χ0v) is 19.5. The number of hydrogen-bond donors (Lipinski definition) is 1. The van der Waals surface area contributed by atoms with Crippen molar-refractivity contribution in [3.63, 3.8) is 0 Å². The molecule has 3 atom stereocenters. The Kier molecular flexibility index (Phi) is 6.20. The molecule has 7 nitrogen and oxygen atoms in total. The zero-order valence-electron chi connectivity index (χ0n) is 18.7. The number of Topliss-reactive ketones (excluding diaryl/α,β-unsaturated/α-hetero) is 1. The van der Waals surface area contributed by atoms with Gasteiger partial charge >= 0.3 is 0 Å². The fraction of sp³-hybridized carbons (Fsp3) is 0.696. The molecule has 3 aliphatic rings. The van der Waals surface area contributed by atoms with E-state index < -0.39 is 15.4 Å². The molecule has 1 aromatic rings. The van der Waals surface area contributed by atoms with Crippen LogP contribution < -0.4 is 9.46 Å². The van der Waals surface area contributed by atoms with E-state index in [4.69, 9.17) is 9.47 Å². The number of fused-ring (bicyclic) bond motifs is 2. The number of sulfonamides is 1. The monoisotopic (exact) mass is 450 g/mol. The number of morpholine rings is 1. The minimum Gasteiger partial charge on any atom is -0.497 e. The van der Waals surface area contributed by atoms with Crippen LogP contribution in [0.25, 0.3) is 0 Å². The Morgan fingerprint density at radius 1 is 1.23 bits per heavy atom. The van der Waals surface area contributed by atoms with Gasteiger partial charge in [-0.2, -0.15) is 0 Å². The zero-order chi connectivity index (χ0) is 22.3. The summed E-state index contributed by atoms with van der Waals surface area (Å²) in [7, 11) is -1.99. The van der Waals surface area contributed by atoms with Crippen LogP contribution in [0.15, 0.2) is 24.3 Å². The quantitative estimate of drug-likeness (QED) is 0.655. The van der Waals surface area contributed by atoms with Crippen molar-refractivity contribution in [2.75, 3.05) is 45.7 Å². The molecule has 0 spiro atoms. The highest BCUT2D eigenvalue weighted by Gasteiger charge is 2.65. The second-order valence-corrected chi connectivity index (χ2v) is 11.5. The minimum absolute atomic E-state index is 0.106. The van der Waals surface area contributed by atoms with Gasteiger partial charge in [0.05, 0.1) is 26.1 Å². The lowest BCUT2D eigenvalue weighted by atomic mass is 9.70. The van der Waals surface area contributed by atoms with Gasteiger partial charge in [-0.1, -0.05) is 26.0 Å². The summed E-state index contributed by atoms with van der Waals surface area (Å²) in [6.07, 6.45) is 2.14. The maximum Gasteiger partial charge on any atom is 0.212 e. The number of carbonyl (C=O) groups excluding carboxylic acids is 1. The number of ketones is 1. The molecule has 2 saturated carbocycles. The van der Waals surface area contributed by atoms with E-state index in [1.807, 2.05) is 24.3 Å². The molecule has 172 valence electrons. The van der Waals surface area contributed by atoms with Crippen molar-refractivity contribution in [2.24, 2.45) is 16.7 Å². The van der Waals surface area contributed by atoms with Crippen molar-refractivity contribution in [1.29, 1.82) is 0 Å². The molecule has 0 aromatic heterocycles. The SMILES string of the molecule is COc1ccc(C(CNS(=O)(=O)CC23CCC(CC2=O)C3(C)C)N2CCOCC2)cc1. The predicted octanol–water partition coefficient (Wildman–Crippen LogP) is 2.38. The molecule has 1 N–H and O–H groups in total. The van der Waals surface area contributed by atoms with Gasteiger partial charge in [0, 0.05) is 37.5 Å². The lowest BCUT2D eigenvalue weighted by Crippen LogP contribution is -2.48. The molecule has 2 bridgehead atoms. The van der Waals surface area contributed by atoms with Crippen LogP contribution in [-0.2, 0) is 19.6 Å². The Bertz CT molecular complexity index is 908. The van der Waals surface area contributed by atoms with E-state index in [0.717, 1.165) is 30.8 Å². The number of carbonyl (C=O) groups is 1. The molecular weight excluding hydrogens is 416 g/mol. The summed E-state index contributed by atoms with van der Waals surface area (Å²) in [5.74, 6) is 1.08. The number of rotatable bonds is 8. The number of nitrogens with zero attached hydrogens (tertiary/aromatic N) is 1. The summed E-state index contributed by atoms with van der Waals surface area (Å²) in [4.78, 5) is 15.0. The van der Waals surface area contributed by atoms with Crippen molar-refractivity contribution in [3.8, 4) is 5.75 Å². The average molecular weight is 451 g/mol. The van der Waals surface area contributed by atoms with Crippen molar-refractivity contribution < 1.29 is 22.7 Å². The van der Waals surface area contributed by atoms with Crippen LogP contribution in [0.2, 0.25) is 0 Å². The Morgan fingerprint density at radius 3 is 2.45 bits per heavy atom. The molecule has 4 rings (SSSR count). The summed E-state index contributed by atoms with van der Waals surface area (Å²) in [6, 6.07) is 7.66. The fourth-order valence-corrected chi connectivity index (χ4v) is 7.70. The van der Waals surface area contributed by atoms with Crippen LogP contribution in [-0.4, -0.2) is 64.8 Å². The fourth-order valence-electron chi connectivity index (χ4n) is 5.86. The summed E-state index contributed by atoms with van der Waals surface area (Å²) >= 11 is 0. The smallest absolute Gasteiger partial charge is 0.212 e. The first-order valence-corrected chi connectivity index (χ1v) is 12.8. The summed E-state index contributed by atoms with van der Waals surface area (Å²) < 4.78 is 40.0. The second kappa shape index (κ2) is 8.46. The molecule has 3 fully saturated rings. The lowest BCUT2D eigenvalue weighted by molar-refractivity contribution is -0.128. The average Bonchev–Trinajstić information content (AvgIpc) is 3.09. The van der Waals surface area contributed by atoms with Crippen LogP contribution in [0.4, 0.5) is 0 Å². The minimum atomic E-state index is -3.62. The Hall–Kier alpha value is -1.48. The summed E-state index contributed by atoms with van der Waals surface area (Å²) in [5, 5.41) is 0. The van der Waals surface area contributed by atoms with Crippen molar-refractivity contribution in [3.05, 3.63) is 29.8 Å². The van der Waals surface area contributed by atoms with Crippen molar-refractivity contribution in [1.82, 2.24) is 9.62 Å². The molecule has 31 heavy (non-hydrogen) atoms. The van der Waals surface area contributed by atoms with E-state index in [0.29, 0.717) is 32.0 Å². The molecule has 0 amide bonds. The molecular formula is C23H34N2O5S. The molecule has 1 saturated heterocycles. The first-order chi connectivity index (χ1) is 14.7. The third-order valence-corrected chi connectivity index (χ3v) is 9.54. The van der Waals surface area contributed by atoms with E-state index in [1.54, 1.807) is 7.11 Å². The van der Waals surface area contributed by atoms with Gasteiger partial charge in [0.1, 0.15) is 11.5 Å². The van der Waals surface area contributed by atoms with Gasteiger partial charge in [0.25, 0.3) is 0 Å². The van der Waals surface area contributed by atoms with Crippen LogP contribution in [0.1, 0.15) is 44.7 Å². The van der Waals surface area contributed by atoms with Gasteiger partial charge in [0.2, 0.25) is 10.0 Å². The van der Waals surface area contributed by atoms with Gasteiger partial charge in [0.15, 0.2) is 0 Å². The highest BCUT2D eigenvalue weighted by Crippen LogP contribution is 2.64. The van der Waals surface area contributed by atoms with E-state index in [2.05, 4.69) is 23.5 Å². The highest BCUT2D eigenvalue weighted by atomic mass is 32.2.